The van der Waals surface area contributed by atoms with Crippen LogP contribution in [0.25, 0.3) is 0 Å². The Balaban J connectivity index is 0.844. The average molecular weight is 1030 g/mol. The molecule has 14 atom stereocenters. The molecule has 4 aromatic carbocycles. The van der Waals surface area contributed by atoms with Crippen molar-refractivity contribution >= 4 is 17.9 Å². The zero-order chi connectivity index (χ0) is 52.0. The van der Waals surface area contributed by atoms with Gasteiger partial charge in [-0.3, -0.25) is 0 Å². The van der Waals surface area contributed by atoms with Crippen LogP contribution in [0.15, 0.2) is 108 Å². The van der Waals surface area contributed by atoms with Gasteiger partial charge < -0.3 is 61.6 Å². The summed E-state index contributed by atoms with van der Waals surface area (Å²) in [6.07, 6.45) is -4.01. The number of carbonyl (C=O) groups excluding carboxylic acids is 3. The Morgan fingerprint density at radius 1 is 0.680 bits per heavy atom. The summed E-state index contributed by atoms with van der Waals surface area (Å²) in [6, 6.07) is 29.1. The second-order valence-electron chi connectivity index (χ2n) is 21.6. The van der Waals surface area contributed by atoms with Crippen LogP contribution in [0.3, 0.4) is 0 Å². The molecule has 0 aromatic heterocycles. The molecule has 4 aromatic rings. The summed E-state index contributed by atoms with van der Waals surface area (Å²) < 4.78 is 82.7. The molecule has 6 fully saturated rings. The number of carbonyl (C=O) groups is 3. The van der Waals surface area contributed by atoms with Crippen LogP contribution < -0.4 is 14.2 Å². The summed E-state index contributed by atoms with van der Waals surface area (Å²) >= 11 is 0. The molecule has 2 unspecified atom stereocenters. The van der Waals surface area contributed by atoms with Gasteiger partial charge in [0.15, 0.2) is 11.7 Å². The van der Waals surface area contributed by atoms with Gasteiger partial charge in [0.2, 0.25) is 6.29 Å². The molecule has 2 saturated carbocycles. The molecule has 75 heavy (non-hydrogen) atoms. The first-order chi connectivity index (χ1) is 36.3. The van der Waals surface area contributed by atoms with Crippen LogP contribution in [0.1, 0.15) is 90.8 Å². The van der Waals surface area contributed by atoms with E-state index in [1.807, 2.05) is 79.7 Å². The zero-order valence-corrected chi connectivity index (χ0v) is 43.3. The van der Waals surface area contributed by atoms with E-state index in [1.165, 1.54) is 0 Å². The molecule has 5 heterocycles. The summed E-state index contributed by atoms with van der Waals surface area (Å²) in [5.41, 5.74) is 1.21. The van der Waals surface area contributed by atoms with Crippen LogP contribution in [0.4, 0.5) is 0 Å². The molecule has 16 nitrogen and oxygen atoms in total. The number of esters is 3. The highest BCUT2D eigenvalue weighted by atomic mass is 16.8. The monoisotopic (exact) mass is 1030 g/mol. The standard InChI is InChI=1S/C59H64O16/c1-8-44-46(66-28-33-13-19-36(63-5)20-14-33)47(67-29-34-15-21-37(64-6)22-16-34)48(68-30-35-17-23-38(65-7)24-18-35)54(70-44)71-52(61)39-11-9-10-12-40(39)53(62)72-55-57(32(2)3)49(74-57)50-59(75-50)56(4)26-25-41-42(31-69-51(41)60)43(56)27-45-58(55,59)73-45/h9-24,32,43-50,54-55H,8,25-31H2,1-7H3/t43-,44?,45-,46+,47-,48?,49-,50-,54+,55+,56-,57-,58+,59+/m0/s1. The van der Waals surface area contributed by atoms with E-state index in [-0.39, 0.29) is 73.7 Å². The van der Waals surface area contributed by atoms with Crippen LogP contribution in [-0.4, -0.2) is 118 Å². The molecule has 2 spiro atoms. The number of cyclic esters (lactones) is 1. The van der Waals surface area contributed by atoms with Crippen molar-refractivity contribution in [1.82, 2.24) is 0 Å². The minimum absolute atomic E-state index is 0.000586. The van der Waals surface area contributed by atoms with Gasteiger partial charge in [-0.05, 0) is 108 Å². The summed E-state index contributed by atoms with van der Waals surface area (Å²) in [6.45, 7) is 9.04. The van der Waals surface area contributed by atoms with Gasteiger partial charge in [0.05, 0.1) is 64.5 Å². The first-order valence-electron chi connectivity index (χ1n) is 26.2. The summed E-state index contributed by atoms with van der Waals surface area (Å²) in [5, 5.41) is 0. The van der Waals surface area contributed by atoms with Crippen molar-refractivity contribution in [3.05, 3.63) is 136 Å². The quantitative estimate of drug-likeness (QED) is 0.0530. The van der Waals surface area contributed by atoms with Crippen LogP contribution in [-0.2, 0) is 72.0 Å². The minimum atomic E-state index is -1.33. The van der Waals surface area contributed by atoms with Gasteiger partial charge in [0, 0.05) is 11.0 Å². The van der Waals surface area contributed by atoms with E-state index < -0.39 is 71.0 Å². The lowest BCUT2D eigenvalue weighted by Gasteiger charge is -2.53. The number of benzene rings is 4. The van der Waals surface area contributed by atoms with Gasteiger partial charge in [0.25, 0.3) is 0 Å². The highest BCUT2D eigenvalue weighted by Crippen LogP contribution is 2.83. The molecule has 16 heteroatoms. The molecule has 5 aliphatic heterocycles. The van der Waals surface area contributed by atoms with Crippen molar-refractivity contribution in [1.29, 1.82) is 0 Å². The lowest BCUT2D eigenvalue weighted by Crippen LogP contribution is -2.70. The molecule has 12 rings (SSSR count). The lowest BCUT2D eigenvalue weighted by atomic mass is 9.46. The molecule has 3 aliphatic carbocycles. The predicted molar refractivity (Wildman–Crippen MR) is 266 cm³/mol. The second kappa shape index (κ2) is 19.0. The van der Waals surface area contributed by atoms with Gasteiger partial charge in [0.1, 0.15) is 65.6 Å². The van der Waals surface area contributed by atoms with Crippen molar-refractivity contribution in [3.63, 3.8) is 0 Å². The van der Waals surface area contributed by atoms with Crippen molar-refractivity contribution in [3.8, 4) is 17.2 Å². The lowest BCUT2D eigenvalue weighted by molar-refractivity contribution is -0.310. The van der Waals surface area contributed by atoms with E-state index in [4.69, 9.17) is 61.6 Å². The van der Waals surface area contributed by atoms with Gasteiger partial charge >= 0.3 is 17.9 Å². The summed E-state index contributed by atoms with van der Waals surface area (Å²) in [5.74, 6) is 0.220. The molecule has 0 radical (unpaired) electrons. The Kier molecular flexibility index (Phi) is 12.7. The van der Waals surface area contributed by atoms with E-state index in [0.29, 0.717) is 37.2 Å². The number of methoxy groups -OCH3 is 3. The minimum Gasteiger partial charge on any atom is -0.497 e. The van der Waals surface area contributed by atoms with Crippen LogP contribution in [0.2, 0.25) is 0 Å². The van der Waals surface area contributed by atoms with E-state index in [2.05, 4.69) is 20.8 Å². The van der Waals surface area contributed by atoms with Crippen LogP contribution in [0, 0.1) is 17.3 Å². The fraction of sp³-hybridized carbons (Fsp3) is 0.508. The maximum absolute atomic E-state index is 15.0. The van der Waals surface area contributed by atoms with E-state index in [9.17, 15) is 9.59 Å². The molecular weight excluding hydrogens is 965 g/mol. The Morgan fingerprint density at radius 2 is 1.23 bits per heavy atom. The van der Waals surface area contributed by atoms with E-state index >= 15 is 4.79 Å². The first-order valence-corrected chi connectivity index (χ1v) is 26.2. The topological polar surface area (TPSA) is 181 Å². The third kappa shape index (κ3) is 7.91. The smallest absolute Gasteiger partial charge is 0.341 e. The Labute approximate surface area is 436 Å². The predicted octanol–water partition coefficient (Wildman–Crippen LogP) is 8.04. The zero-order valence-electron chi connectivity index (χ0n) is 43.3. The number of hydrogen-bond acceptors (Lipinski definition) is 16. The van der Waals surface area contributed by atoms with Gasteiger partial charge in [-0.25, -0.2) is 14.4 Å². The fourth-order valence-electron chi connectivity index (χ4n) is 13.6. The molecule has 0 amide bonds. The van der Waals surface area contributed by atoms with Crippen molar-refractivity contribution in [2.75, 3.05) is 27.9 Å². The largest absolute Gasteiger partial charge is 0.497 e. The number of fused-ring (bicyclic) bond motifs is 4. The van der Waals surface area contributed by atoms with Gasteiger partial charge in [-0.1, -0.05) is 76.2 Å². The SMILES string of the molecule is CCC1O[C@H](OC(=O)c2ccccc2C(=O)O[C@@H]2[C@@]3(C(C)C)O[C@H]3[C@@H]3O[C@]34[C@]23O[C@H]3C[C@H]2C3=C(CC[C@@]24C)C(=O)OC3)C(OCc2ccc(OC)cc2)[C@@H](OCc2ccc(OC)cc2)[C@@H]1OCc1ccc(OC)cc1. The number of rotatable bonds is 18. The van der Waals surface area contributed by atoms with E-state index in [1.54, 1.807) is 45.6 Å². The molecule has 8 aliphatic rings. The third-order valence-electron chi connectivity index (χ3n) is 17.7. The van der Waals surface area contributed by atoms with Gasteiger partial charge in [-0.2, -0.15) is 0 Å². The van der Waals surface area contributed by atoms with Crippen molar-refractivity contribution < 1.29 is 76.0 Å². The van der Waals surface area contributed by atoms with Crippen molar-refractivity contribution in [2.24, 2.45) is 17.3 Å². The second-order valence-corrected chi connectivity index (χ2v) is 21.6. The Bertz CT molecular complexity index is 2870. The highest BCUT2D eigenvalue weighted by molar-refractivity contribution is 6.03. The maximum atomic E-state index is 15.0. The third-order valence-corrected chi connectivity index (χ3v) is 17.7. The Morgan fingerprint density at radius 3 is 1.77 bits per heavy atom. The van der Waals surface area contributed by atoms with Crippen molar-refractivity contribution in [2.45, 2.75) is 145 Å². The van der Waals surface area contributed by atoms with Crippen LogP contribution in [0.5, 0.6) is 17.2 Å². The number of ether oxygens (including phenoxy) is 13. The summed E-state index contributed by atoms with van der Waals surface area (Å²) in [4.78, 5) is 42.8. The van der Waals surface area contributed by atoms with E-state index in [0.717, 1.165) is 33.6 Å². The van der Waals surface area contributed by atoms with Gasteiger partial charge in [-0.15, -0.1) is 0 Å². The summed E-state index contributed by atoms with van der Waals surface area (Å²) in [7, 11) is 4.83. The normalized spacial score (nSPS) is 35.3. The molecule has 0 bridgehead atoms. The fourth-order valence-corrected chi connectivity index (χ4v) is 13.6. The molecule has 4 saturated heterocycles. The number of hydrogen-bond donors (Lipinski definition) is 0. The average Bonchev–Trinajstić information content (AvgIpc) is 3.42. The first kappa shape index (κ1) is 50.0. The maximum Gasteiger partial charge on any atom is 0.341 e. The highest BCUT2D eigenvalue weighted by Gasteiger charge is 3.01. The Hall–Kier alpha value is -5.85. The van der Waals surface area contributed by atoms with Crippen LogP contribution >= 0.6 is 0 Å². The molecule has 0 N–H and O–H groups in total. The molecular formula is C59H64O16. The molecule has 396 valence electrons. The number of epoxide rings is 3.